The number of hydrogen-bond acceptors (Lipinski definition) is 4. The molecule has 0 aliphatic heterocycles. The van der Waals surface area contributed by atoms with E-state index in [9.17, 15) is 8.42 Å². The van der Waals surface area contributed by atoms with Gasteiger partial charge >= 0.3 is 0 Å². The van der Waals surface area contributed by atoms with Crippen molar-refractivity contribution in [1.82, 2.24) is 4.98 Å². The van der Waals surface area contributed by atoms with E-state index >= 15 is 0 Å². The topological polar surface area (TPSA) is 71.1 Å². The van der Waals surface area contributed by atoms with Crippen molar-refractivity contribution in [3.63, 3.8) is 0 Å². The number of halogens is 1. The Morgan fingerprint density at radius 2 is 2.00 bits per heavy atom. The van der Waals surface area contributed by atoms with Crippen LogP contribution in [0.3, 0.4) is 0 Å². The highest BCUT2D eigenvalue weighted by atomic mass is 35.5. The molecule has 5 nitrogen and oxygen atoms in total. The Morgan fingerprint density at radius 3 is 2.57 bits per heavy atom. The predicted molar refractivity (Wildman–Crippen MR) is 86.2 cm³/mol. The second-order valence-electron chi connectivity index (χ2n) is 4.73. The van der Waals surface area contributed by atoms with E-state index in [1.54, 1.807) is 18.2 Å². The molecule has 2 aromatic rings. The minimum absolute atomic E-state index is 0.340. The van der Waals surface area contributed by atoms with Gasteiger partial charge in [-0.1, -0.05) is 17.7 Å². The highest BCUT2D eigenvalue weighted by Gasteiger charge is 2.07. The van der Waals surface area contributed by atoms with Gasteiger partial charge in [-0.15, -0.1) is 0 Å². The summed E-state index contributed by atoms with van der Waals surface area (Å²) in [5, 5.41) is 3.55. The molecule has 2 N–H and O–H groups in total. The summed E-state index contributed by atoms with van der Waals surface area (Å²) >= 11 is 6.06. The molecule has 21 heavy (non-hydrogen) atoms. The van der Waals surface area contributed by atoms with Crippen LogP contribution in [0.2, 0.25) is 5.02 Å². The first kappa shape index (κ1) is 15.6. The zero-order chi connectivity index (χ0) is 15.5. The van der Waals surface area contributed by atoms with Gasteiger partial charge in [0.15, 0.2) is 0 Å². The fourth-order valence-electron chi connectivity index (χ4n) is 1.71. The maximum absolute atomic E-state index is 11.2. The number of aromatic nitrogens is 1. The fourth-order valence-corrected chi connectivity index (χ4v) is 2.58. The molecule has 112 valence electrons. The molecule has 1 heterocycles. The van der Waals surface area contributed by atoms with E-state index in [1.165, 1.54) is 0 Å². The molecule has 0 saturated carbocycles. The van der Waals surface area contributed by atoms with Gasteiger partial charge in [-0.25, -0.2) is 8.42 Å². The first-order chi connectivity index (χ1) is 9.83. The monoisotopic (exact) mass is 325 g/mol. The molecule has 0 atom stereocenters. The summed E-state index contributed by atoms with van der Waals surface area (Å²) in [7, 11) is -3.34. The molecule has 7 heteroatoms. The van der Waals surface area contributed by atoms with Crippen LogP contribution in [0.5, 0.6) is 0 Å². The highest BCUT2D eigenvalue weighted by molar-refractivity contribution is 7.92. The normalized spacial score (nSPS) is 11.2. The van der Waals surface area contributed by atoms with Crippen molar-refractivity contribution < 1.29 is 8.42 Å². The molecule has 1 aromatic heterocycles. The first-order valence-corrected chi connectivity index (χ1v) is 8.53. The number of sulfonamides is 1. The van der Waals surface area contributed by atoms with Crippen LogP contribution in [0.4, 0.5) is 11.4 Å². The summed E-state index contributed by atoms with van der Waals surface area (Å²) in [6.45, 7) is 2.55. The number of pyridine rings is 1. The third-order valence-corrected chi connectivity index (χ3v) is 3.64. The molecule has 2 rings (SSSR count). The second-order valence-corrected chi connectivity index (χ2v) is 6.89. The first-order valence-electron chi connectivity index (χ1n) is 6.26. The SMILES string of the molecule is Cc1ccc(CNc2ccc(NS(C)(=O)=O)c(Cl)c2)cn1. The Hall–Kier alpha value is -1.79. The van der Waals surface area contributed by atoms with Crippen molar-refractivity contribution in [1.29, 1.82) is 0 Å². The number of hydrogen-bond donors (Lipinski definition) is 2. The van der Waals surface area contributed by atoms with E-state index < -0.39 is 10.0 Å². The lowest BCUT2D eigenvalue weighted by Crippen LogP contribution is -2.10. The third kappa shape index (κ3) is 4.91. The van der Waals surface area contributed by atoms with E-state index in [1.807, 2.05) is 25.3 Å². The van der Waals surface area contributed by atoms with Crippen LogP contribution in [0, 0.1) is 6.92 Å². The lowest BCUT2D eigenvalue weighted by molar-refractivity contribution is 0.607. The van der Waals surface area contributed by atoms with Gasteiger partial charge in [-0.05, 0) is 36.8 Å². The highest BCUT2D eigenvalue weighted by Crippen LogP contribution is 2.26. The predicted octanol–water partition coefficient (Wildman–Crippen LogP) is 3.03. The molecule has 0 spiro atoms. The zero-order valence-electron chi connectivity index (χ0n) is 11.7. The molecular formula is C14H16ClN3O2S. The standard InChI is InChI=1S/C14H16ClN3O2S/c1-10-3-4-11(8-16-10)9-17-12-5-6-14(13(15)7-12)18-21(2,19)20/h3-8,17-18H,9H2,1-2H3. The quantitative estimate of drug-likeness (QED) is 0.886. The lowest BCUT2D eigenvalue weighted by atomic mass is 10.2. The van der Waals surface area contributed by atoms with Crippen LogP contribution >= 0.6 is 11.6 Å². The van der Waals surface area contributed by atoms with E-state index in [-0.39, 0.29) is 0 Å². The van der Waals surface area contributed by atoms with Crippen molar-refractivity contribution >= 4 is 33.0 Å². The number of benzene rings is 1. The van der Waals surface area contributed by atoms with E-state index in [0.29, 0.717) is 17.3 Å². The molecule has 0 radical (unpaired) electrons. The minimum atomic E-state index is -3.34. The molecule has 0 amide bonds. The van der Waals surface area contributed by atoms with Crippen LogP contribution in [0.15, 0.2) is 36.5 Å². The molecule has 0 bridgehead atoms. The fraction of sp³-hybridized carbons (Fsp3) is 0.214. The smallest absolute Gasteiger partial charge is 0.229 e. The van der Waals surface area contributed by atoms with Crippen LogP contribution in [0.1, 0.15) is 11.3 Å². The lowest BCUT2D eigenvalue weighted by Gasteiger charge is -2.10. The zero-order valence-corrected chi connectivity index (χ0v) is 13.3. The van der Waals surface area contributed by atoms with Crippen molar-refractivity contribution in [2.24, 2.45) is 0 Å². The van der Waals surface area contributed by atoms with Gasteiger partial charge in [0.1, 0.15) is 0 Å². The second kappa shape index (κ2) is 6.32. The summed E-state index contributed by atoms with van der Waals surface area (Å²) in [5.74, 6) is 0. The van der Waals surface area contributed by atoms with Crippen molar-refractivity contribution in [2.45, 2.75) is 13.5 Å². The number of anilines is 2. The Bertz CT molecular complexity index is 730. The van der Waals surface area contributed by atoms with Gasteiger partial charge in [0.05, 0.1) is 17.0 Å². The minimum Gasteiger partial charge on any atom is -0.381 e. The van der Waals surface area contributed by atoms with Crippen LogP contribution < -0.4 is 10.0 Å². The number of nitrogens with one attached hydrogen (secondary N) is 2. The summed E-state index contributed by atoms with van der Waals surface area (Å²) in [5.41, 5.74) is 3.19. The summed E-state index contributed by atoms with van der Waals surface area (Å²) in [6.07, 6.45) is 2.89. The molecule has 0 fully saturated rings. The number of nitrogens with zero attached hydrogens (tertiary/aromatic N) is 1. The number of rotatable bonds is 5. The van der Waals surface area contributed by atoms with Gasteiger partial charge in [0.25, 0.3) is 0 Å². The van der Waals surface area contributed by atoms with Crippen molar-refractivity contribution in [3.8, 4) is 0 Å². The van der Waals surface area contributed by atoms with Crippen LogP contribution in [-0.4, -0.2) is 19.7 Å². The summed E-state index contributed by atoms with van der Waals surface area (Å²) < 4.78 is 24.7. The molecule has 1 aromatic carbocycles. The van der Waals surface area contributed by atoms with Crippen molar-refractivity contribution in [3.05, 3.63) is 52.8 Å². The van der Waals surface area contributed by atoms with E-state index in [2.05, 4.69) is 15.0 Å². The number of aryl methyl sites for hydroxylation is 1. The molecule has 0 saturated heterocycles. The van der Waals surface area contributed by atoms with Crippen LogP contribution in [0.25, 0.3) is 0 Å². The van der Waals surface area contributed by atoms with Gasteiger partial charge in [0.2, 0.25) is 10.0 Å². The Kier molecular flexibility index (Phi) is 4.69. The van der Waals surface area contributed by atoms with E-state index in [0.717, 1.165) is 23.2 Å². The molecule has 0 aliphatic carbocycles. The maximum Gasteiger partial charge on any atom is 0.229 e. The van der Waals surface area contributed by atoms with Gasteiger partial charge < -0.3 is 5.32 Å². The average Bonchev–Trinajstić information content (AvgIpc) is 2.40. The summed E-state index contributed by atoms with van der Waals surface area (Å²) in [6, 6.07) is 9.01. The molecular weight excluding hydrogens is 310 g/mol. The van der Waals surface area contributed by atoms with Gasteiger partial charge in [-0.2, -0.15) is 0 Å². The van der Waals surface area contributed by atoms with E-state index in [4.69, 9.17) is 11.6 Å². The largest absolute Gasteiger partial charge is 0.381 e. The van der Waals surface area contributed by atoms with Crippen LogP contribution in [-0.2, 0) is 16.6 Å². The van der Waals surface area contributed by atoms with Gasteiger partial charge in [0, 0.05) is 24.1 Å². The maximum atomic E-state index is 11.2. The average molecular weight is 326 g/mol. The Labute approximate surface area is 129 Å². The Morgan fingerprint density at radius 1 is 1.24 bits per heavy atom. The molecule has 0 unspecified atom stereocenters. The Balaban J connectivity index is 2.05. The summed E-state index contributed by atoms with van der Waals surface area (Å²) in [4.78, 5) is 4.22. The molecule has 0 aliphatic rings. The third-order valence-electron chi connectivity index (χ3n) is 2.73. The van der Waals surface area contributed by atoms with Gasteiger partial charge in [-0.3, -0.25) is 9.71 Å². The van der Waals surface area contributed by atoms with Crippen molar-refractivity contribution in [2.75, 3.05) is 16.3 Å².